The Balaban J connectivity index is 1.43. The van der Waals surface area contributed by atoms with Gasteiger partial charge in [-0.15, -0.1) is 0 Å². The monoisotopic (exact) mass is 392 g/mol. The number of carbonyl (C=O) groups is 3. The number of alkyl halides is 1. The van der Waals surface area contributed by atoms with Crippen LogP contribution in [-0.4, -0.2) is 35.3 Å². The predicted molar refractivity (Wildman–Crippen MR) is 87.6 cm³/mol. The summed E-state index contributed by atoms with van der Waals surface area (Å²) >= 11 is 3.56. The van der Waals surface area contributed by atoms with Crippen LogP contribution in [0, 0.1) is 30.6 Å². The fourth-order valence-electron chi connectivity index (χ4n) is 4.35. The van der Waals surface area contributed by atoms with Gasteiger partial charge in [-0.3, -0.25) is 14.4 Å². The molecule has 1 heterocycles. The zero-order chi connectivity index (χ0) is 17.0. The van der Waals surface area contributed by atoms with Crippen molar-refractivity contribution in [2.45, 2.75) is 24.3 Å². The number of benzene rings is 1. The smallest absolute Gasteiger partial charge is 0.310 e. The van der Waals surface area contributed by atoms with E-state index in [2.05, 4.69) is 15.9 Å². The molecule has 6 heteroatoms. The van der Waals surface area contributed by atoms with Crippen molar-refractivity contribution in [1.82, 2.24) is 0 Å². The number of carbonyl (C=O) groups excluding carboxylic acids is 3. The van der Waals surface area contributed by atoms with Crippen molar-refractivity contribution in [2.75, 3.05) is 6.61 Å². The van der Waals surface area contributed by atoms with Crippen molar-refractivity contribution in [3.8, 4) is 0 Å². The van der Waals surface area contributed by atoms with Crippen LogP contribution in [0.1, 0.15) is 22.3 Å². The highest BCUT2D eigenvalue weighted by atomic mass is 79.9. The van der Waals surface area contributed by atoms with Gasteiger partial charge in [-0.2, -0.15) is 0 Å². The van der Waals surface area contributed by atoms with Gasteiger partial charge < -0.3 is 9.47 Å². The molecule has 6 atom stereocenters. The Hall–Kier alpha value is -1.69. The van der Waals surface area contributed by atoms with Gasteiger partial charge in [-0.25, -0.2) is 0 Å². The highest BCUT2D eigenvalue weighted by molar-refractivity contribution is 9.09. The molecule has 5 nitrogen and oxygen atoms in total. The summed E-state index contributed by atoms with van der Waals surface area (Å²) < 4.78 is 10.6. The summed E-state index contributed by atoms with van der Waals surface area (Å²) in [6.45, 7) is 1.64. The third kappa shape index (κ3) is 2.31. The fourth-order valence-corrected chi connectivity index (χ4v) is 5.39. The van der Waals surface area contributed by atoms with Crippen LogP contribution in [0.4, 0.5) is 0 Å². The second-order valence-electron chi connectivity index (χ2n) is 6.86. The lowest BCUT2D eigenvalue weighted by atomic mass is 9.80. The zero-order valence-electron chi connectivity index (χ0n) is 13.1. The van der Waals surface area contributed by atoms with Gasteiger partial charge in [0.15, 0.2) is 12.4 Å². The maximum atomic E-state index is 12.5. The van der Waals surface area contributed by atoms with Crippen LogP contribution in [0.25, 0.3) is 0 Å². The number of fused-ring (bicyclic) bond motifs is 1. The van der Waals surface area contributed by atoms with Crippen LogP contribution in [0.5, 0.6) is 0 Å². The highest BCUT2D eigenvalue weighted by Crippen LogP contribution is 2.60. The largest absolute Gasteiger partial charge is 0.461 e. The average Bonchev–Trinajstić information content (AvgIpc) is 3.17. The van der Waals surface area contributed by atoms with E-state index in [0.717, 1.165) is 12.0 Å². The molecule has 24 heavy (non-hydrogen) atoms. The Labute approximate surface area is 147 Å². The van der Waals surface area contributed by atoms with Crippen molar-refractivity contribution < 1.29 is 23.9 Å². The molecular weight excluding hydrogens is 376 g/mol. The molecule has 2 bridgehead atoms. The molecule has 0 aromatic heterocycles. The molecule has 1 aromatic carbocycles. The minimum absolute atomic E-state index is 0.00412. The molecule has 1 aliphatic heterocycles. The van der Waals surface area contributed by atoms with E-state index >= 15 is 0 Å². The van der Waals surface area contributed by atoms with Crippen molar-refractivity contribution in [1.29, 1.82) is 0 Å². The molecule has 0 unspecified atom stereocenters. The summed E-state index contributed by atoms with van der Waals surface area (Å²) in [4.78, 5) is 36.7. The van der Waals surface area contributed by atoms with E-state index < -0.39 is 17.8 Å². The number of Topliss-reactive ketones (excluding diaryl/α,β-unsaturated/α-hetero) is 1. The van der Waals surface area contributed by atoms with Gasteiger partial charge in [0.05, 0.1) is 16.7 Å². The summed E-state index contributed by atoms with van der Waals surface area (Å²) in [6.07, 6.45) is 0.675. The highest BCUT2D eigenvalue weighted by Gasteiger charge is 2.68. The lowest BCUT2D eigenvalue weighted by molar-refractivity contribution is -0.154. The van der Waals surface area contributed by atoms with Crippen molar-refractivity contribution >= 4 is 33.7 Å². The quantitative estimate of drug-likeness (QED) is 0.446. The second-order valence-corrected chi connectivity index (χ2v) is 7.92. The molecule has 2 saturated carbocycles. The number of hydrogen-bond acceptors (Lipinski definition) is 5. The molecular formula is C18H17BrO5. The third-order valence-corrected chi connectivity index (χ3v) is 6.71. The first kappa shape index (κ1) is 15.8. The minimum Gasteiger partial charge on any atom is -0.461 e. The molecule has 126 valence electrons. The van der Waals surface area contributed by atoms with Gasteiger partial charge in [-0.1, -0.05) is 45.8 Å². The number of hydrogen-bond donors (Lipinski definition) is 0. The maximum Gasteiger partial charge on any atom is 0.310 e. The molecule has 3 fully saturated rings. The van der Waals surface area contributed by atoms with E-state index in [1.807, 2.05) is 19.1 Å². The number of ketones is 1. The number of aryl methyl sites for hydroxylation is 1. The van der Waals surface area contributed by atoms with Crippen molar-refractivity contribution in [3.05, 3.63) is 35.4 Å². The third-order valence-electron chi connectivity index (χ3n) is 5.51. The average molecular weight is 393 g/mol. The van der Waals surface area contributed by atoms with Crippen LogP contribution in [-0.2, 0) is 19.1 Å². The first-order chi connectivity index (χ1) is 11.5. The summed E-state index contributed by atoms with van der Waals surface area (Å²) in [6, 6.07) is 7.12. The van der Waals surface area contributed by atoms with E-state index in [4.69, 9.17) is 9.47 Å². The number of esters is 2. The molecule has 0 amide bonds. The first-order valence-electron chi connectivity index (χ1n) is 8.08. The van der Waals surface area contributed by atoms with Crippen LogP contribution < -0.4 is 0 Å². The van der Waals surface area contributed by atoms with Gasteiger partial charge in [0.1, 0.15) is 6.10 Å². The van der Waals surface area contributed by atoms with E-state index in [9.17, 15) is 14.4 Å². The van der Waals surface area contributed by atoms with Gasteiger partial charge in [0.2, 0.25) is 0 Å². The molecule has 1 saturated heterocycles. The van der Waals surface area contributed by atoms with E-state index in [-0.39, 0.29) is 41.1 Å². The van der Waals surface area contributed by atoms with E-state index in [1.165, 1.54) is 0 Å². The second kappa shape index (κ2) is 5.69. The normalized spacial score (nSPS) is 35.8. The standard InChI is InChI=1S/C18H17BrO5/c1-8-2-4-9(5-3-8)12(20)7-23-17(21)13-10-6-11-14(13)18(22)24-16(11)15(10)19/h2-5,10-11,13-16H,6-7H2,1H3/t10-,11-,13-,14+,15-,16+/m1/s1. The molecule has 0 radical (unpaired) electrons. The Morgan fingerprint density at radius 3 is 2.67 bits per heavy atom. The van der Waals surface area contributed by atoms with Crippen LogP contribution in [0.15, 0.2) is 24.3 Å². The van der Waals surface area contributed by atoms with Crippen LogP contribution in [0.3, 0.4) is 0 Å². The SMILES string of the molecule is Cc1ccc(C(=O)COC(=O)[C@@H]2[C@H]3C[C@H]4[C@H](OC(=O)[C@@H]42)[C@@H]3Br)cc1. The summed E-state index contributed by atoms with van der Waals surface area (Å²) in [5, 5.41) is 0. The summed E-state index contributed by atoms with van der Waals surface area (Å²) in [5.74, 6) is -1.78. The predicted octanol–water partition coefficient (Wildman–Crippen LogP) is 2.29. The molecule has 0 N–H and O–H groups in total. The molecule has 3 aliphatic rings. The lowest BCUT2D eigenvalue weighted by Crippen LogP contribution is -2.39. The molecule has 2 aliphatic carbocycles. The maximum absolute atomic E-state index is 12.5. The van der Waals surface area contributed by atoms with Crippen molar-refractivity contribution in [3.63, 3.8) is 0 Å². The molecule has 1 aromatic rings. The Morgan fingerprint density at radius 1 is 1.25 bits per heavy atom. The Kier molecular flexibility index (Phi) is 3.75. The van der Waals surface area contributed by atoms with Gasteiger partial charge >= 0.3 is 11.9 Å². The van der Waals surface area contributed by atoms with Crippen molar-refractivity contribution in [2.24, 2.45) is 23.7 Å². The van der Waals surface area contributed by atoms with E-state index in [1.54, 1.807) is 12.1 Å². The number of ether oxygens (including phenoxy) is 2. The molecule has 0 spiro atoms. The molecule has 4 rings (SSSR count). The van der Waals surface area contributed by atoms with Gasteiger partial charge in [0, 0.05) is 11.5 Å². The number of rotatable bonds is 4. The van der Waals surface area contributed by atoms with E-state index in [0.29, 0.717) is 5.56 Å². The zero-order valence-corrected chi connectivity index (χ0v) is 14.7. The number of halogens is 1. The summed E-state index contributed by atoms with van der Waals surface area (Å²) in [5.41, 5.74) is 1.57. The van der Waals surface area contributed by atoms with Gasteiger partial charge in [0.25, 0.3) is 0 Å². The van der Waals surface area contributed by atoms with Crippen LogP contribution >= 0.6 is 15.9 Å². The fraction of sp³-hybridized carbons (Fsp3) is 0.500. The lowest BCUT2D eigenvalue weighted by Gasteiger charge is -2.26. The van der Waals surface area contributed by atoms with Gasteiger partial charge in [-0.05, 0) is 19.3 Å². The Morgan fingerprint density at radius 2 is 1.96 bits per heavy atom. The first-order valence-corrected chi connectivity index (χ1v) is 9.00. The summed E-state index contributed by atoms with van der Waals surface area (Å²) in [7, 11) is 0. The minimum atomic E-state index is -0.503. The topological polar surface area (TPSA) is 69.7 Å². The Bertz CT molecular complexity index is 713. The van der Waals surface area contributed by atoms with Crippen LogP contribution in [0.2, 0.25) is 0 Å².